The lowest BCUT2D eigenvalue weighted by atomic mass is 10.2. The average Bonchev–Trinajstić information content (AvgIpc) is 2.30. The van der Waals surface area contributed by atoms with E-state index in [1.807, 2.05) is 0 Å². The van der Waals surface area contributed by atoms with Crippen molar-refractivity contribution < 1.29 is 8.42 Å². The van der Waals surface area contributed by atoms with Crippen LogP contribution in [0.4, 0.5) is 0 Å². The van der Waals surface area contributed by atoms with Crippen LogP contribution in [0.2, 0.25) is 0 Å². The fourth-order valence-electron chi connectivity index (χ4n) is 1.13. The molecule has 6 heteroatoms. The van der Waals surface area contributed by atoms with Gasteiger partial charge in [-0.15, -0.1) is 0 Å². The van der Waals surface area contributed by atoms with Gasteiger partial charge in [0.1, 0.15) is 5.75 Å². The van der Waals surface area contributed by atoms with Crippen LogP contribution in [0.1, 0.15) is 19.5 Å². The monoisotopic (exact) mass is 236 g/mol. The second kappa shape index (κ2) is 4.31. The zero-order chi connectivity index (χ0) is 10.8. The first kappa shape index (κ1) is 11.5. The van der Waals surface area contributed by atoms with Gasteiger partial charge in [0.05, 0.1) is 5.69 Å². The predicted molar refractivity (Wildman–Crippen MR) is 55.5 cm³/mol. The van der Waals surface area contributed by atoms with Crippen molar-refractivity contribution >= 4 is 19.7 Å². The van der Waals surface area contributed by atoms with Gasteiger partial charge in [-0.3, -0.25) is 4.68 Å². The number of hydrogen-bond donors (Lipinski definition) is 0. The molecule has 4 nitrogen and oxygen atoms in total. The van der Waals surface area contributed by atoms with Crippen molar-refractivity contribution in [1.29, 1.82) is 0 Å². The highest BCUT2D eigenvalue weighted by Crippen LogP contribution is 2.08. The average molecular weight is 237 g/mol. The van der Waals surface area contributed by atoms with Crippen LogP contribution in [-0.4, -0.2) is 18.2 Å². The molecule has 0 unspecified atom stereocenters. The van der Waals surface area contributed by atoms with Crippen molar-refractivity contribution in [2.75, 3.05) is 0 Å². The molecule has 0 saturated heterocycles. The Bertz CT molecular complexity index is 397. The first-order valence-electron chi connectivity index (χ1n) is 4.31. The lowest BCUT2D eigenvalue weighted by Crippen LogP contribution is -2.06. The summed E-state index contributed by atoms with van der Waals surface area (Å²) >= 11 is 0. The minimum Gasteiger partial charge on any atom is -0.272 e. The van der Waals surface area contributed by atoms with Crippen molar-refractivity contribution in [2.24, 2.45) is 5.92 Å². The van der Waals surface area contributed by atoms with Crippen LogP contribution in [0.15, 0.2) is 12.3 Å². The van der Waals surface area contributed by atoms with E-state index in [0.29, 0.717) is 11.6 Å². The quantitative estimate of drug-likeness (QED) is 0.747. The molecular formula is C8H13ClN2O2S. The molecule has 80 valence electrons. The molecule has 1 aromatic rings. The van der Waals surface area contributed by atoms with E-state index in [0.717, 1.165) is 6.54 Å². The smallest absolute Gasteiger partial charge is 0.238 e. The maximum atomic E-state index is 10.7. The number of nitrogens with zero attached hydrogens (tertiary/aromatic N) is 2. The van der Waals surface area contributed by atoms with Crippen molar-refractivity contribution in [2.45, 2.75) is 26.1 Å². The van der Waals surface area contributed by atoms with E-state index in [2.05, 4.69) is 18.9 Å². The summed E-state index contributed by atoms with van der Waals surface area (Å²) in [4.78, 5) is 0. The normalized spacial score (nSPS) is 12.3. The molecule has 0 aliphatic heterocycles. The fourth-order valence-corrected chi connectivity index (χ4v) is 1.98. The van der Waals surface area contributed by atoms with Gasteiger partial charge in [-0.25, -0.2) is 8.42 Å². The Morgan fingerprint density at radius 1 is 1.57 bits per heavy atom. The fraction of sp³-hybridized carbons (Fsp3) is 0.625. The highest BCUT2D eigenvalue weighted by atomic mass is 35.7. The summed E-state index contributed by atoms with van der Waals surface area (Å²) in [5, 5.41) is 4.09. The zero-order valence-electron chi connectivity index (χ0n) is 8.14. The summed E-state index contributed by atoms with van der Waals surface area (Å²) < 4.78 is 23.2. The van der Waals surface area contributed by atoms with Crippen LogP contribution in [0.5, 0.6) is 0 Å². The van der Waals surface area contributed by atoms with Gasteiger partial charge in [-0.05, 0) is 12.0 Å². The summed E-state index contributed by atoms with van der Waals surface area (Å²) in [6, 6.07) is 1.67. The Morgan fingerprint density at radius 2 is 2.21 bits per heavy atom. The molecule has 14 heavy (non-hydrogen) atoms. The molecule has 0 spiro atoms. The van der Waals surface area contributed by atoms with E-state index in [9.17, 15) is 8.42 Å². The molecule has 0 aromatic carbocycles. The van der Waals surface area contributed by atoms with Gasteiger partial charge < -0.3 is 0 Å². The van der Waals surface area contributed by atoms with Gasteiger partial charge >= 0.3 is 0 Å². The van der Waals surface area contributed by atoms with E-state index >= 15 is 0 Å². The minimum atomic E-state index is -3.50. The van der Waals surface area contributed by atoms with Crippen LogP contribution in [-0.2, 0) is 21.3 Å². The summed E-state index contributed by atoms with van der Waals surface area (Å²) in [5.41, 5.74) is 0.487. The molecule has 0 atom stereocenters. The van der Waals surface area contributed by atoms with Gasteiger partial charge in [0.25, 0.3) is 0 Å². The summed E-state index contributed by atoms with van der Waals surface area (Å²) in [7, 11) is 1.61. The number of halogens is 1. The maximum absolute atomic E-state index is 10.7. The molecule has 0 N–H and O–H groups in total. The Morgan fingerprint density at radius 3 is 2.71 bits per heavy atom. The second-order valence-corrected chi connectivity index (χ2v) is 6.38. The van der Waals surface area contributed by atoms with E-state index in [1.54, 1.807) is 16.9 Å². The Labute approximate surface area is 88.3 Å². The third-order valence-electron chi connectivity index (χ3n) is 1.57. The van der Waals surface area contributed by atoms with Gasteiger partial charge in [0.2, 0.25) is 9.05 Å². The van der Waals surface area contributed by atoms with Crippen LogP contribution < -0.4 is 0 Å². The van der Waals surface area contributed by atoms with Crippen molar-refractivity contribution in [3.63, 3.8) is 0 Å². The topological polar surface area (TPSA) is 52.0 Å². The zero-order valence-corrected chi connectivity index (χ0v) is 9.72. The summed E-state index contributed by atoms with van der Waals surface area (Å²) in [6.07, 6.45) is 1.76. The maximum Gasteiger partial charge on any atom is 0.238 e. The Kier molecular flexibility index (Phi) is 3.55. The second-order valence-electron chi connectivity index (χ2n) is 3.61. The molecule has 0 aliphatic carbocycles. The SMILES string of the molecule is CC(C)Cn1ccc(CS(=O)(=O)Cl)n1. The van der Waals surface area contributed by atoms with E-state index in [4.69, 9.17) is 10.7 Å². The first-order valence-corrected chi connectivity index (χ1v) is 6.79. The Balaban J connectivity index is 2.69. The standard InChI is InChI=1S/C8H13ClN2O2S/c1-7(2)5-11-4-3-8(10-11)6-14(9,12)13/h3-4,7H,5-6H2,1-2H3. The van der Waals surface area contributed by atoms with Crippen molar-refractivity contribution in [1.82, 2.24) is 9.78 Å². The van der Waals surface area contributed by atoms with E-state index in [-0.39, 0.29) is 5.75 Å². The highest BCUT2D eigenvalue weighted by molar-refractivity contribution is 8.13. The first-order chi connectivity index (χ1) is 6.37. The summed E-state index contributed by atoms with van der Waals surface area (Å²) in [5.74, 6) is 0.273. The third-order valence-corrected chi connectivity index (χ3v) is 2.54. The van der Waals surface area contributed by atoms with Gasteiger partial charge in [-0.2, -0.15) is 5.10 Å². The third kappa shape index (κ3) is 4.11. The molecule has 1 rings (SSSR count). The number of rotatable bonds is 4. The van der Waals surface area contributed by atoms with Crippen LogP contribution in [0.25, 0.3) is 0 Å². The number of hydrogen-bond acceptors (Lipinski definition) is 3. The molecule has 1 heterocycles. The van der Waals surface area contributed by atoms with Gasteiger partial charge in [0, 0.05) is 23.4 Å². The molecule has 0 radical (unpaired) electrons. The van der Waals surface area contributed by atoms with Crippen LogP contribution >= 0.6 is 10.7 Å². The largest absolute Gasteiger partial charge is 0.272 e. The highest BCUT2D eigenvalue weighted by Gasteiger charge is 2.09. The van der Waals surface area contributed by atoms with Gasteiger partial charge in [0.15, 0.2) is 0 Å². The molecule has 0 amide bonds. The van der Waals surface area contributed by atoms with E-state index < -0.39 is 9.05 Å². The molecule has 1 aromatic heterocycles. The Hall–Kier alpha value is -0.550. The predicted octanol–water partition coefficient (Wildman–Crippen LogP) is 1.61. The van der Waals surface area contributed by atoms with Crippen LogP contribution in [0.3, 0.4) is 0 Å². The van der Waals surface area contributed by atoms with Crippen molar-refractivity contribution in [3.05, 3.63) is 18.0 Å². The molecule has 0 aliphatic rings. The van der Waals surface area contributed by atoms with Crippen molar-refractivity contribution in [3.8, 4) is 0 Å². The molecule has 0 bridgehead atoms. The molecular weight excluding hydrogens is 224 g/mol. The lowest BCUT2D eigenvalue weighted by molar-refractivity contribution is 0.481. The van der Waals surface area contributed by atoms with Gasteiger partial charge in [-0.1, -0.05) is 13.8 Å². The lowest BCUT2D eigenvalue weighted by Gasteiger charge is -2.03. The minimum absolute atomic E-state index is 0.209. The van der Waals surface area contributed by atoms with Crippen LogP contribution in [0, 0.1) is 5.92 Å². The number of aromatic nitrogens is 2. The molecule has 0 saturated carbocycles. The molecule has 0 fully saturated rings. The van der Waals surface area contributed by atoms with E-state index in [1.165, 1.54) is 0 Å². The summed E-state index contributed by atoms with van der Waals surface area (Å²) in [6.45, 7) is 4.92.